The highest BCUT2D eigenvalue weighted by molar-refractivity contribution is 6.00. The minimum absolute atomic E-state index is 0.0413. The van der Waals surface area contributed by atoms with Gasteiger partial charge in [0.2, 0.25) is 0 Å². The molecule has 0 aromatic rings. The predicted molar refractivity (Wildman–Crippen MR) is 67.8 cm³/mol. The normalized spacial score (nSPS) is 26.5. The second-order valence-corrected chi connectivity index (χ2v) is 5.10. The molecule has 1 fully saturated rings. The summed E-state index contributed by atoms with van der Waals surface area (Å²) < 4.78 is 4.78. The van der Waals surface area contributed by atoms with Gasteiger partial charge in [-0.1, -0.05) is 17.7 Å². The van der Waals surface area contributed by atoms with Crippen molar-refractivity contribution in [1.82, 2.24) is 4.90 Å². The molecule has 0 spiro atoms. The molecule has 2 rings (SSSR count). The van der Waals surface area contributed by atoms with Crippen LogP contribution in [-0.4, -0.2) is 36.0 Å². The Kier molecular flexibility index (Phi) is 3.55. The molecule has 2 aliphatic heterocycles. The van der Waals surface area contributed by atoms with Crippen LogP contribution in [0.15, 0.2) is 23.3 Å². The second-order valence-electron chi connectivity index (χ2n) is 5.10. The first-order chi connectivity index (χ1) is 8.54. The number of hydrogen-bond donors (Lipinski definition) is 0. The van der Waals surface area contributed by atoms with Gasteiger partial charge in [-0.3, -0.25) is 4.79 Å². The molecule has 4 heteroatoms. The summed E-state index contributed by atoms with van der Waals surface area (Å²) >= 11 is 0. The molecule has 1 amide bonds. The fourth-order valence-electron chi connectivity index (χ4n) is 2.72. The summed E-state index contributed by atoms with van der Waals surface area (Å²) in [6, 6.07) is -0.238. The molecule has 0 aromatic carbocycles. The third kappa shape index (κ3) is 2.19. The van der Waals surface area contributed by atoms with E-state index in [1.165, 1.54) is 7.11 Å². The van der Waals surface area contributed by atoms with Crippen molar-refractivity contribution in [3.05, 3.63) is 23.3 Å². The average molecular weight is 249 g/mol. The first kappa shape index (κ1) is 12.9. The maximum atomic E-state index is 12.4. The lowest BCUT2D eigenvalue weighted by Crippen LogP contribution is -2.47. The summed E-state index contributed by atoms with van der Waals surface area (Å²) in [7, 11) is 1.37. The quantitative estimate of drug-likeness (QED) is 0.701. The van der Waals surface area contributed by atoms with Crippen LogP contribution in [0.5, 0.6) is 0 Å². The molecule has 0 radical (unpaired) electrons. The Morgan fingerprint density at radius 1 is 1.44 bits per heavy atom. The van der Waals surface area contributed by atoms with E-state index in [1.54, 1.807) is 4.90 Å². The smallest absolute Gasteiger partial charge is 0.328 e. The van der Waals surface area contributed by atoms with Crippen LogP contribution < -0.4 is 0 Å². The van der Waals surface area contributed by atoms with Crippen molar-refractivity contribution in [1.29, 1.82) is 0 Å². The van der Waals surface area contributed by atoms with Gasteiger partial charge in [-0.05, 0) is 33.1 Å². The summed E-state index contributed by atoms with van der Waals surface area (Å²) in [6.07, 6.45) is 6.28. The third-order valence-electron chi connectivity index (χ3n) is 3.51. The van der Waals surface area contributed by atoms with Gasteiger partial charge in [-0.25, -0.2) is 4.79 Å². The molecule has 2 atom stereocenters. The molecule has 0 aliphatic carbocycles. The van der Waals surface area contributed by atoms with Crippen LogP contribution in [0.1, 0.15) is 33.1 Å². The zero-order valence-corrected chi connectivity index (χ0v) is 11.1. The molecule has 18 heavy (non-hydrogen) atoms. The predicted octanol–water partition coefficient (Wildman–Crippen LogP) is 1.82. The number of carbonyl (C=O) groups is 2. The van der Waals surface area contributed by atoms with Crippen molar-refractivity contribution in [3.63, 3.8) is 0 Å². The molecule has 0 saturated carbocycles. The maximum Gasteiger partial charge on any atom is 0.328 e. The highest BCUT2D eigenvalue weighted by atomic mass is 16.5. The lowest BCUT2D eigenvalue weighted by molar-refractivity contribution is -0.151. The second kappa shape index (κ2) is 4.96. The molecule has 0 aromatic heterocycles. The number of methoxy groups -OCH3 is 1. The van der Waals surface area contributed by atoms with E-state index in [-0.39, 0.29) is 17.9 Å². The third-order valence-corrected chi connectivity index (χ3v) is 3.51. The van der Waals surface area contributed by atoms with Crippen molar-refractivity contribution in [2.75, 3.05) is 7.11 Å². The first-order valence-electron chi connectivity index (χ1n) is 6.30. The van der Waals surface area contributed by atoms with Gasteiger partial charge in [-0.2, -0.15) is 0 Å². The Morgan fingerprint density at radius 2 is 2.17 bits per heavy atom. The van der Waals surface area contributed by atoms with Gasteiger partial charge in [0.1, 0.15) is 6.04 Å². The van der Waals surface area contributed by atoms with Gasteiger partial charge in [0.05, 0.1) is 7.11 Å². The van der Waals surface area contributed by atoms with E-state index in [2.05, 4.69) is 0 Å². The minimum Gasteiger partial charge on any atom is -0.467 e. The molecule has 0 N–H and O–H groups in total. The average Bonchev–Trinajstić information content (AvgIpc) is 2.76. The number of ether oxygens (including phenoxy) is 1. The SMILES string of the molecule is COC(=O)[C@@H]1CC[C@@H]2CC=C(C=C(C)C)C(=O)N21. The molecule has 0 unspecified atom stereocenters. The zero-order valence-electron chi connectivity index (χ0n) is 11.1. The van der Waals surface area contributed by atoms with E-state index in [4.69, 9.17) is 4.74 Å². The van der Waals surface area contributed by atoms with Gasteiger partial charge < -0.3 is 9.64 Å². The van der Waals surface area contributed by atoms with Gasteiger partial charge in [0, 0.05) is 11.6 Å². The molecule has 1 saturated heterocycles. The van der Waals surface area contributed by atoms with Crippen molar-refractivity contribution in [2.24, 2.45) is 0 Å². The standard InChI is InChI=1S/C14H19NO3/c1-9(2)8-10-4-5-11-6-7-12(14(17)18-3)15(11)13(10)16/h4,8,11-12H,5-7H2,1-3H3/t11-,12-/m0/s1. The molecular formula is C14H19NO3. The van der Waals surface area contributed by atoms with E-state index < -0.39 is 6.04 Å². The van der Waals surface area contributed by atoms with E-state index >= 15 is 0 Å². The van der Waals surface area contributed by atoms with E-state index in [9.17, 15) is 9.59 Å². The number of hydrogen-bond acceptors (Lipinski definition) is 3. The van der Waals surface area contributed by atoms with Crippen LogP contribution in [0.2, 0.25) is 0 Å². The number of allylic oxidation sites excluding steroid dienone is 1. The van der Waals surface area contributed by atoms with E-state index in [0.29, 0.717) is 12.0 Å². The summed E-state index contributed by atoms with van der Waals surface area (Å²) in [5.41, 5.74) is 1.78. The van der Waals surface area contributed by atoms with E-state index in [1.807, 2.05) is 26.0 Å². The topological polar surface area (TPSA) is 46.6 Å². The number of fused-ring (bicyclic) bond motifs is 1. The summed E-state index contributed by atoms with van der Waals surface area (Å²) in [5, 5.41) is 0. The fraction of sp³-hybridized carbons (Fsp3) is 0.571. The van der Waals surface area contributed by atoms with E-state index in [0.717, 1.165) is 18.4 Å². The van der Waals surface area contributed by atoms with Gasteiger partial charge in [0.15, 0.2) is 0 Å². The zero-order chi connectivity index (χ0) is 13.3. The van der Waals surface area contributed by atoms with Crippen LogP contribution in [0, 0.1) is 0 Å². The van der Waals surface area contributed by atoms with Crippen LogP contribution in [0.3, 0.4) is 0 Å². The molecule has 98 valence electrons. The van der Waals surface area contributed by atoms with Crippen molar-refractivity contribution in [2.45, 2.75) is 45.2 Å². The van der Waals surface area contributed by atoms with Gasteiger partial charge >= 0.3 is 5.97 Å². The summed E-state index contributed by atoms with van der Waals surface area (Å²) in [5.74, 6) is -0.343. The monoisotopic (exact) mass is 249 g/mol. The Bertz CT molecular complexity index is 432. The van der Waals surface area contributed by atoms with Crippen molar-refractivity contribution in [3.8, 4) is 0 Å². The molecule has 2 aliphatic rings. The molecule has 4 nitrogen and oxygen atoms in total. The maximum absolute atomic E-state index is 12.4. The van der Waals surface area contributed by atoms with Crippen LogP contribution in [-0.2, 0) is 14.3 Å². The lowest BCUT2D eigenvalue weighted by atomic mass is 10.0. The number of amides is 1. The Balaban J connectivity index is 2.25. The number of nitrogens with zero attached hydrogens (tertiary/aromatic N) is 1. The Hall–Kier alpha value is -1.58. The van der Waals surface area contributed by atoms with Crippen LogP contribution in [0.25, 0.3) is 0 Å². The van der Waals surface area contributed by atoms with Crippen LogP contribution in [0.4, 0.5) is 0 Å². The highest BCUT2D eigenvalue weighted by Gasteiger charge is 2.43. The molecule has 2 heterocycles. The Labute approximate surface area is 107 Å². The number of carbonyl (C=O) groups excluding carboxylic acids is 2. The highest BCUT2D eigenvalue weighted by Crippen LogP contribution is 2.33. The fourth-order valence-corrected chi connectivity index (χ4v) is 2.72. The van der Waals surface area contributed by atoms with Crippen LogP contribution >= 0.6 is 0 Å². The number of esters is 1. The largest absolute Gasteiger partial charge is 0.467 e. The first-order valence-corrected chi connectivity index (χ1v) is 6.30. The molecule has 0 bridgehead atoms. The lowest BCUT2D eigenvalue weighted by Gasteiger charge is -2.32. The van der Waals surface area contributed by atoms with Crippen molar-refractivity contribution < 1.29 is 14.3 Å². The molecular weight excluding hydrogens is 230 g/mol. The summed E-state index contributed by atoms with van der Waals surface area (Å²) in [6.45, 7) is 3.92. The Morgan fingerprint density at radius 3 is 2.78 bits per heavy atom. The van der Waals surface area contributed by atoms with Gasteiger partial charge in [0.25, 0.3) is 5.91 Å². The minimum atomic E-state index is -0.401. The number of rotatable bonds is 2. The summed E-state index contributed by atoms with van der Waals surface area (Å²) in [4.78, 5) is 25.8. The van der Waals surface area contributed by atoms with Crippen molar-refractivity contribution >= 4 is 11.9 Å². The van der Waals surface area contributed by atoms with Gasteiger partial charge in [-0.15, -0.1) is 0 Å².